The van der Waals surface area contributed by atoms with E-state index in [2.05, 4.69) is 15.4 Å². The van der Waals surface area contributed by atoms with Crippen molar-refractivity contribution in [1.82, 2.24) is 14.8 Å². The largest absolute Gasteiger partial charge is 0.435 e. The first kappa shape index (κ1) is 20.2. The van der Waals surface area contributed by atoms with Crippen LogP contribution in [0, 0.1) is 0 Å². The second kappa shape index (κ2) is 7.62. The molecule has 2 heterocycles. The van der Waals surface area contributed by atoms with Crippen molar-refractivity contribution in [2.75, 3.05) is 5.32 Å². The van der Waals surface area contributed by atoms with E-state index in [0.29, 0.717) is 16.4 Å². The van der Waals surface area contributed by atoms with Crippen LogP contribution >= 0.6 is 23.2 Å². The summed E-state index contributed by atoms with van der Waals surface area (Å²) in [4.78, 5) is 16.7. The molecule has 0 atom stereocenters. The van der Waals surface area contributed by atoms with Crippen molar-refractivity contribution >= 4 is 45.8 Å². The zero-order valence-electron chi connectivity index (χ0n) is 14.9. The van der Waals surface area contributed by atoms with Gasteiger partial charge in [0.25, 0.3) is 5.91 Å². The van der Waals surface area contributed by atoms with Crippen molar-refractivity contribution in [3.8, 4) is 5.69 Å². The zero-order valence-corrected chi connectivity index (χ0v) is 16.4. The van der Waals surface area contributed by atoms with Gasteiger partial charge in [-0.15, -0.1) is 0 Å². The van der Waals surface area contributed by atoms with Gasteiger partial charge in [-0.3, -0.25) is 4.79 Å². The van der Waals surface area contributed by atoms with Crippen LogP contribution in [0.15, 0.2) is 60.8 Å². The van der Waals surface area contributed by atoms with Crippen molar-refractivity contribution < 1.29 is 18.0 Å². The standard InChI is InChI=1S/C20H11Cl2F3N4O/c21-11-6-8-12(9-7-11)27-19(30)14-10-26-18-15(16(14)22)17(20(23,24)25)28-29(18)13-4-2-1-3-5-13/h1-10H,(H,27,30). The van der Waals surface area contributed by atoms with Gasteiger partial charge in [-0.25, -0.2) is 9.67 Å². The Morgan fingerprint density at radius 2 is 1.67 bits per heavy atom. The quantitative estimate of drug-likeness (QED) is 0.416. The fourth-order valence-electron chi connectivity index (χ4n) is 2.89. The molecule has 0 bridgehead atoms. The molecular formula is C20H11Cl2F3N4O. The first-order valence-electron chi connectivity index (χ1n) is 8.52. The zero-order chi connectivity index (χ0) is 21.5. The van der Waals surface area contributed by atoms with Crippen molar-refractivity contribution in [3.05, 3.63) is 82.1 Å². The number of fused-ring (bicyclic) bond motifs is 1. The molecule has 5 nitrogen and oxygen atoms in total. The lowest BCUT2D eigenvalue weighted by molar-refractivity contribution is -0.140. The Morgan fingerprint density at radius 3 is 2.30 bits per heavy atom. The number of nitrogens with zero attached hydrogens (tertiary/aromatic N) is 3. The highest BCUT2D eigenvalue weighted by molar-refractivity contribution is 6.39. The average molecular weight is 451 g/mol. The molecule has 4 aromatic rings. The van der Waals surface area contributed by atoms with Crippen molar-refractivity contribution in [3.63, 3.8) is 0 Å². The van der Waals surface area contributed by atoms with Crippen molar-refractivity contribution in [2.24, 2.45) is 0 Å². The number of pyridine rings is 1. The van der Waals surface area contributed by atoms with Crippen LogP contribution in [0.3, 0.4) is 0 Å². The number of hydrogen-bond acceptors (Lipinski definition) is 3. The number of rotatable bonds is 3. The third-order valence-corrected chi connectivity index (χ3v) is 4.89. The van der Waals surface area contributed by atoms with Gasteiger partial charge in [-0.1, -0.05) is 41.4 Å². The number of anilines is 1. The van der Waals surface area contributed by atoms with Crippen molar-refractivity contribution in [1.29, 1.82) is 0 Å². The summed E-state index contributed by atoms with van der Waals surface area (Å²) in [5.74, 6) is -0.711. The van der Waals surface area contributed by atoms with Crippen LogP contribution in [-0.4, -0.2) is 20.7 Å². The number of para-hydroxylation sites is 1. The van der Waals surface area contributed by atoms with E-state index in [9.17, 15) is 18.0 Å². The van der Waals surface area contributed by atoms with Gasteiger partial charge in [-0.05, 0) is 36.4 Å². The minimum atomic E-state index is -4.80. The molecule has 0 saturated carbocycles. The molecule has 1 amide bonds. The third kappa shape index (κ3) is 3.71. The first-order valence-corrected chi connectivity index (χ1v) is 9.28. The number of halogens is 5. The Morgan fingerprint density at radius 1 is 1.00 bits per heavy atom. The minimum absolute atomic E-state index is 0.110. The molecule has 0 aliphatic carbocycles. The lowest BCUT2D eigenvalue weighted by Gasteiger charge is -2.09. The number of benzene rings is 2. The summed E-state index contributed by atoms with van der Waals surface area (Å²) in [6.45, 7) is 0. The van der Waals surface area contributed by atoms with E-state index in [0.717, 1.165) is 10.9 Å². The molecule has 152 valence electrons. The van der Waals surface area contributed by atoms with E-state index in [1.165, 1.54) is 0 Å². The minimum Gasteiger partial charge on any atom is -0.322 e. The lowest BCUT2D eigenvalue weighted by Crippen LogP contribution is -2.13. The van der Waals surface area contributed by atoms with E-state index in [1.54, 1.807) is 54.6 Å². The Labute approximate surface area is 178 Å². The number of alkyl halides is 3. The molecule has 10 heteroatoms. The van der Waals surface area contributed by atoms with E-state index in [-0.39, 0.29) is 16.2 Å². The number of aromatic nitrogens is 3. The Balaban J connectivity index is 1.85. The first-order chi connectivity index (χ1) is 14.3. The summed E-state index contributed by atoms with van der Waals surface area (Å²) < 4.78 is 42.1. The Bertz CT molecular complexity index is 1240. The fourth-order valence-corrected chi connectivity index (χ4v) is 3.32. The average Bonchev–Trinajstić information content (AvgIpc) is 3.12. The van der Waals surface area contributed by atoms with E-state index < -0.39 is 23.2 Å². The normalized spacial score (nSPS) is 11.6. The van der Waals surface area contributed by atoms with E-state index in [1.807, 2.05) is 0 Å². The van der Waals surface area contributed by atoms with Crippen LogP contribution in [0.4, 0.5) is 18.9 Å². The SMILES string of the molecule is O=C(Nc1ccc(Cl)cc1)c1cnc2c(c(C(F)(F)F)nn2-c2ccccc2)c1Cl. The highest BCUT2D eigenvalue weighted by Crippen LogP contribution is 2.39. The maximum Gasteiger partial charge on any atom is 0.435 e. The summed E-state index contributed by atoms with van der Waals surface area (Å²) in [5, 5.41) is 5.88. The van der Waals surface area contributed by atoms with Gasteiger partial charge in [0.2, 0.25) is 0 Å². The summed E-state index contributed by atoms with van der Waals surface area (Å²) in [7, 11) is 0. The van der Waals surface area contributed by atoms with Gasteiger partial charge < -0.3 is 5.32 Å². The third-order valence-electron chi connectivity index (χ3n) is 4.25. The lowest BCUT2D eigenvalue weighted by atomic mass is 10.1. The van der Waals surface area contributed by atoms with Gasteiger partial charge in [0.1, 0.15) is 0 Å². The number of carbonyl (C=O) groups excluding carboxylic acids is 1. The van der Waals surface area contributed by atoms with Crippen LogP contribution < -0.4 is 5.32 Å². The van der Waals surface area contributed by atoms with E-state index >= 15 is 0 Å². The van der Waals surface area contributed by atoms with Gasteiger partial charge in [0, 0.05) is 16.9 Å². The second-order valence-electron chi connectivity index (χ2n) is 6.24. The molecule has 0 spiro atoms. The molecule has 0 fully saturated rings. The smallest absolute Gasteiger partial charge is 0.322 e. The maximum atomic E-state index is 13.7. The van der Waals surface area contributed by atoms with Crippen molar-refractivity contribution in [2.45, 2.75) is 6.18 Å². The second-order valence-corrected chi connectivity index (χ2v) is 7.05. The van der Waals surface area contributed by atoms with Gasteiger partial charge in [-0.2, -0.15) is 18.3 Å². The fraction of sp³-hybridized carbons (Fsp3) is 0.0500. The molecule has 4 rings (SSSR count). The van der Waals surface area contributed by atoms with E-state index in [4.69, 9.17) is 23.2 Å². The number of hydrogen-bond donors (Lipinski definition) is 1. The molecular weight excluding hydrogens is 440 g/mol. The van der Waals surface area contributed by atoms with Gasteiger partial charge in [0.15, 0.2) is 11.3 Å². The highest BCUT2D eigenvalue weighted by atomic mass is 35.5. The van der Waals surface area contributed by atoms with Crippen LogP contribution in [-0.2, 0) is 6.18 Å². The predicted molar refractivity (Wildman–Crippen MR) is 108 cm³/mol. The molecule has 1 N–H and O–H groups in total. The molecule has 2 aromatic carbocycles. The van der Waals surface area contributed by atoms with Crippen LogP contribution in [0.25, 0.3) is 16.7 Å². The Hall–Kier alpha value is -3.10. The number of amides is 1. The van der Waals surface area contributed by atoms with Gasteiger partial charge in [0.05, 0.1) is 21.7 Å². The topological polar surface area (TPSA) is 59.8 Å². The summed E-state index contributed by atoms with van der Waals surface area (Å²) in [6.07, 6.45) is -3.67. The predicted octanol–water partition coefficient (Wildman–Crippen LogP) is 6.00. The summed E-state index contributed by atoms with van der Waals surface area (Å²) in [6, 6.07) is 14.4. The monoisotopic (exact) mass is 450 g/mol. The van der Waals surface area contributed by atoms with Crippen LogP contribution in [0.1, 0.15) is 16.1 Å². The number of nitrogens with one attached hydrogen (secondary N) is 1. The molecule has 0 saturated heterocycles. The van der Waals surface area contributed by atoms with Crippen LogP contribution in [0.2, 0.25) is 10.0 Å². The molecule has 30 heavy (non-hydrogen) atoms. The summed E-state index contributed by atoms with van der Waals surface area (Å²) >= 11 is 12.1. The van der Waals surface area contributed by atoms with Gasteiger partial charge >= 0.3 is 6.18 Å². The Kier molecular flexibility index (Phi) is 5.13. The maximum absolute atomic E-state index is 13.7. The number of carbonyl (C=O) groups is 1. The molecule has 0 aliphatic heterocycles. The molecule has 0 radical (unpaired) electrons. The summed E-state index contributed by atoms with van der Waals surface area (Å²) in [5.41, 5.74) is -0.768. The molecule has 0 unspecified atom stereocenters. The molecule has 0 aliphatic rings. The molecule has 2 aromatic heterocycles. The highest BCUT2D eigenvalue weighted by Gasteiger charge is 2.39. The van der Waals surface area contributed by atoms with Crippen LogP contribution in [0.5, 0.6) is 0 Å².